The van der Waals surface area contributed by atoms with Gasteiger partial charge in [-0.25, -0.2) is 4.79 Å². The topological polar surface area (TPSA) is 60.5 Å². The van der Waals surface area contributed by atoms with Gasteiger partial charge in [0.1, 0.15) is 0 Å². The van der Waals surface area contributed by atoms with Crippen LogP contribution in [0.3, 0.4) is 0 Å². The molecule has 0 aromatic carbocycles. The quantitative estimate of drug-likeness (QED) is 0.826. The van der Waals surface area contributed by atoms with Gasteiger partial charge >= 0.3 is 6.03 Å². The van der Waals surface area contributed by atoms with Crippen molar-refractivity contribution in [2.24, 2.45) is 5.92 Å². The molecule has 1 aliphatic rings. The van der Waals surface area contributed by atoms with E-state index < -0.39 is 0 Å². The fourth-order valence-corrected chi connectivity index (χ4v) is 2.88. The van der Waals surface area contributed by atoms with Crippen LogP contribution < -0.4 is 10.6 Å². The molecular weight excluding hydrogens is 290 g/mol. The van der Waals surface area contributed by atoms with Crippen LogP contribution in [0.2, 0.25) is 0 Å². The number of carbonyl (C=O) groups is 1. The van der Waals surface area contributed by atoms with Gasteiger partial charge < -0.3 is 15.5 Å². The van der Waals surface area contributed by atoms with Crippen molar-refractivity contribution in [3.63, 3.8) is 0 Å². The number of nitrogens with zero attached hydrogens (tertiary/aromatic N) is 3. The molecule has 1 atom stereocenters. The van der Waals surface area contributed by atoms with Gasteiger partial charge in [0.15, 0.2) is 0 Å². The van der Waals surface area contributed by atoms with Crippen molar-refractivity contribution in [1.29, 1.82) is 0 Å². The largest absolute Gasteiger partial charge is 0.337 e. The number of hydrogen-bond donors (Lipinski definition) is 2. The summed E-state index contributed by atoms with van der Waals surface area (Å²) in [4.78, 5) is 20.9. The Morgan fingerprint density at radius 3 is 2.61 bits per heavy atom. The molecule has 6 nitrogen and oxygen atoms in total. The van der Waals surface area contributed by atoms with Crippen LogP contribution in [-0.2, 0) is 6.54 Å². The lowest BCUT2D eigenvalue weighted by Crippen LogP contribution is -2.54. The molecule has 6 heteroatoms. The molecule has 1 saturated heterocycles. The molecule has 1 unspecified atom stereocenters. The summed E-state index contributed by atoms with van der Waals surface area (Å²) in [5, 5.41) is 5.90. The minimum Gasteiger partial charge on any atom is -0.337 e. The van der Waals surface area contributed by atoms with E-state index >= 15 is 0 Å². The summed E-state index contributed by atoms with van der Waals surface area (Å²) in [6.45, 7) is 9.95. The number of amides is 2. The molecule has 128 valence electrons. The Bertz CT molecular complexity index is 471. The fourth-order valence-electron chi connectivity index (χ4n) is 2.88. The standard InChI is InChI=1S/C17H29N5O/c1-14(2)16(22-9-7-21(3)8-10-22)13-20-17(23)19-12-15-5-4-6-18-11-15/h4-6,11,14,16H,7-10,12-13H2,1-3H3,(H2,19,20,23). The first kappa shape index (κ1) is 17.7. The number of pyridine rings is 1. The molecule has 1 aromatic rings. The van der Waals surface area contributed by atoms with Crippen LogP contribution in [0.1, 0.15) is 19.4 Å². The van der Waals surface area contributed by atoms with E-state index in [9.17, 15) is 4.79 Å². The Kier molecular flexibility index (Phi) is 6.80. The second-order valence-electron chi connectivity index (χ2n) is 6.58. The van der Waals surface area contributed by atoms with Gasteiger partial charge in [-0.3, -0.25) is 9.88 Å². The predicted octanol–water partition coefficient (Wildman–Crippen LogP) is 1.15. The minimum atomic E-state index is -0.117. The third kappa shape index (κ3) is 5.80. The molecule has 0 saturated carbocycles. The van der Waals surface area contributed by atoms with Gasteiger partial charge in [0.05, 0.1) is 0 Å². The van der Waals surface area contributed by atoms with E-state index in [1.807, 2.05) is 12.1 Å². The molecule has 2 N–H and O–H groups in total. The second-order valence-corrected chi connectivity index (χ2v) is 6.58. The molecule has 2 heterocycles. The Morgan fingerprint density at radius 2 is 2.00 bits per heavy atom. The number of carbonyl (C=O) groups excluding carboxylic acids is 1. The van der Waals surface area contributed by atoms with Crippen molar-refractivity contribution in [3.8, 4) is 0 Å². The summed E-state index contributed by atoms with van der Waals surface area (Å²) >= 11 is 0. The number of piperazine rings is 1. The first-order chi connectivity index (χ1) is 11.1. The maximum atomic E-state index is 12.0. The lowest BCUT2D eigenvalue weighted by molar-refractivity contribution is 0.0887. The van der Waals surface area contributed by atoms with Gasteiger partial charge in [-0.15, -0.1) is 0 Å². The van der Waals surface area contributed by atoms with Gasteiger partial charge in [-0.05, 0) is 24.6 Å². The van der Waals surface area contributed by atoms with Gasteiger partial charge in [0.25, 0.3) is 0 Å². The van der Waals surface area contributed by atoms with Crippen LogP contribution in [0.5, 0.6) is 0 Å². The molecule has 0 spiro atoms. The average Bonchev–Trinajstić information content (AvgIpc) is 2.55. The molecule has 23 heavy (non-hydrogen) atoms. The Labute approximate surface area is 139 Å². The van der Waals surface area contributed by atoms with Crippen molar-refractivity contribution < 1.29 is 4.79 Å². The number of rotatable bonds is 6. The van der Waals surface area contributed by atoms with Crippen LogP contribution in [0.15, 0.2) is 24.5 Å². The normalized spacial score (nSPS) is 17.9. The van der Waals surface area contributed by atoms with Crippen LogP contribution >= 0.6 is 0 Å². The number of likely N-dealkylation sites (N-methyl/N-ethyl adjacent to an activating group) is 1. The highest BCUT2D eigenvalue weighted by Crippen LogP contribution is 2.12. The number of urea groups is 1. The van der Waals surface area contributed by atoms with E-state index in [-0.39, 0.29) is 6.03 Å². The van der Waals surface area contributed by atoms with Gasteiger partial charge in [-0.1, -0.05) is 19.9 Å². The highest BCUT2D eigenvalue weighted by atomic mass is 16.2. The lowest BCUT2D eigenvalue weighted by Gasteiger charge is -2.39. The molecule has 0 radical (unpaired) electrons. The number of nitrogens with one attached hydrogen (secondary N) is 2. The second kappa shape index (κ2) is 8.84. The van der Waals surface area contributed by atoms with Crippen molar-refractivity contribution in [2.75, 3.05) is 39.8 Å². The molecule has 1 aromatic heterocycles. The Balaban J connectivity index is 1.76. The first-order valence-corrected chi connectivity index (χ1v) is 8.39. The lowest BCUT2D eigenvalue weighted by atomic mass is 10.0. The van der Waals surface area contributed by atoms with Crippen LogP contribution in [0, 0.1) is 5.92 Å². The zero-order chi connectivity index (χ0) is 16.7. The summed E-state index contributed by atoms with van der Waals surface area (Å²) in [5.74, 6) is 0.511. The molecule has 0 bridgehead atoms. The SMILES string of the molecule is CC(C)C(CNC(=O)NCc1cccnc1)N1CCN(C)CC1. The molecule has 2 amide bonds. The minimum absolute atomic E-state index is 0.117. The molecule has 1 fully saturated rings. The van der Waals surface area contributed by atoms with Gasteiger partial charge in [-0.2, -0.15) is 0 Å². The third-order valence-electron chi connectivity index (χ3n) is 4.42. The van der Waals surface area contributed by atoms with Crippen molar-refractivity contribution in [1.82, 2.24) is 25.4 Å². The van der Waals surface area contributed by atoms with Crippen LogP contribution in [0.25, 0.3) is 0 Å². The summed E-state index contributed by atoms with van der Waals surface area (Å²) in [7, 11) is 2.16. The van der Waals surface area contributed by atoms with Crippen molar-refractivity contribution in [2.45, 2.75) is 26.4 Å². The summed E-state index contributed by atoms with van der Waals surface area (Å²) in [6, 6.07) is 4.09. The van der Waals surface area contributed by atoms with E-state index in [0.29, 0.717) is 25.0 Å². The molecule has 0 aliphatic carbocycles. The Hall–Kier alpha value is -1.66. The zero-order valence-electron chi connectivity index (χ0n) is 14.5. The molecular formula is C17H29N5O. The monoisotopic (exact) mass is 319 g/mol. The summed E-state index contributed by atoms with van der Waals surface area (Å²) in [6.07, 6.45) is 3.49. The van der Waals surface area contributed by atoms with E-state index in [1.54, 1.807) is 12.4 Å². The van der Waals surface area contributed by atoms with Gasteiger partial charge in [0.2, 0.25) is 0 Å². The summed E-state index contributed by atoms with van der Waals surface area (Å²) in [5.41, 5.74) is 1.00. The maximum Gasteiger partial charge on any atom is 0.315 e. The Morgan fingerprint density at radius 1 is 1.26 bits per heavy atom. The van der Waals surface area contributed by atoms with E-state index in [1.165, 1.54) is 0 Å². The molecule has 1 aliphatic heterocycles. The average molecular weight is 319 g/mol. The highest BCUT2D eigenvalue weighted by molar-refractivity contribution is 5.73. The van der Waals surface area contributed by atoms with Crippen LogP contribution in [0.4, 0.5) is 4.79 Å². The molecule has 2 rings (SSSR count). The van der Waals surface area contributed by atoms with Gasteiger partial charge in [0, 0.05) is 57.7 Å². The number of aromatic nitrogens is 1. The van der Waals surface area contributed by atoms with E-state index in [0.717, 1.165) is 31.7 Å². The third-order valence-corrected chi connectivity index (χ3v) is 4.42. The smallest absolute Gasteiger partial charge is 0.315 e. The van der Waals surface area contributed by atoms with E-state index in [4.69, 9.17) is 0 Å². The summed E-state index contributed by atoms with van der Waals surface area (Å²) < 4.78 is 0. The first-order valence-electron chi connectivity index (χ1n) is 8.39. The zero-order valence-corrected chi connectivity index (χ0v) is 14.5. The van der Waals surface area contributed by atoms with E-state index in [2.05, 4.69) is 46.3 Å². The fraction of sp³-hybridized carbons (Fsp3) is 0.647. The number of hydrogen-bond acceptors (Lipinski definition) is 4. The predicted molar refractivity (Wildman–Crippen MR) is 92.2 cm³/mol. The maximum absolute atomic E-state index is 12.0. The highest BCUT2D eigenvalue weighted by Gasteiger charge is 2.25. The van der Waals surface area contributed by atoms with Crippen LogP contribution in [-0.4, -0.2) is 66.6 Å². The van der Waals surface area contributed by atoms with Crippen molar-refractivity contribution in [3.05, 3.63) is 30.1 Å². The van der Waals surface area contributed by atoms with Crippen molar-refractivity contribution >= 4 is 6.03 Å².